The zero-order valence-electron chi connectivity index (χ0n) is 16.3. The Balaban J connectivity index is 1.43. The summed E-state index contributed by atoms with van der Waals surface area (Å²) in [4.78, 5) is 16.6. The first-order valence-corrected chi connectivity index (χ1v) is 9.01. The van der Waals surface area contributed by atoms with Gasteiger partial charge in [0.25, 0.3) is 5.89 Å². The van der Waals surface area contributed by atoms with Crippen LogP contribution in [0.2, 0.25) is 0 Å². The third-order valence-corrected chi connectivity index (χ3v) is 4.31. The fourth-order valence-electron chi connectivity index (χ4n) is 2.79. The molecule has 0 spiro atoms. The number of H-pyrrole nitrogens is 1. The lowest BCUT2D eigenvalue weighted by atomic mass is 10.1. The third-order valence-electron chi connectivity index (χ3n) is 4.31. The fraction of sp³-hybridized carbons (Fsp3) is 0.143. The van der Waals surface area contributed by atoms with E-state index < -0.39 is 5.97 Å². The number of hydrogen-bond donors (Lipinski definition) is 1. The van der Waals surface area contributed by atoms with Gasteiger partial charge in [0.05, 0.1) is 25.5 Å². The van der Waals surface area contributed by atoms with Crippen LogP contribution in [0.3, 0.4) is 0 Å². The lowest BCUT2D eigenvalue weighted by Gasteiger charge is -2.07. The van der Waals surface area contributed by atoms with Crippen molar-refractivity contribution in [3.8, 4) is 34.1 Å². The number of esters is 1. The first kappa shape index (κ1) is 19.2. The second kappa shape index (κ2) is 8.48. The molecule has 0 saturated carbocycles. The quantitative estimate of drug-likeness (QED) is 0.464. The van der Waals surface area contributed by atoms with Crippen molar-refractivity contribution in [1.82, 2.24) is 20.3 Å². The number of aromatic nitrogens is 4. The first-order chi connectivity index (χ1) is 14.7. The summed E-state index contributed by atoms with van der Waals surface area (Å²) in [7, 11) is 3.10. The van der Waals surface area contributed by atoms with Gasteiger partial charge in [0.1, 0.15) is 17.2 Å². The summed E-state index contributed by atoms with van der Waals surface area (Å²) in [6.45, 7) is -0.177. The Hall–Kier alpha value is -4.14. The van der Waals surface area contributed by atoms with Crippen molar-refractivity contribution in [1.29, 1.82) is 0 Å². The van der Waals surface area contributed by atoms with Crippen molar-refractivity contribution < 1.29 is 23.5 Å². The Kier molecular flexibility index (Phi) is 5.42. The predicted octanol–water partition coefficient (Wildman–Crippen LogP) is 3.50. The van der Waals surface area contributed by atoms with Crippen molar-refractivity contribution >= 4 is 5.97 Å². The van der Waals surface area contributed by atoms with Crippen molar-refractivity contribution in [3.63, 3.8) is 0 Å². The maximum atomic E-state index is 12.3. The molecule has 152 valence electrons. The van der Waals surface area contributed by atoms with Crippen molar-refractivity contribution in [2.75, 3.05) is 14.2 Å². The molecule has 0 saturated heterocycles. The van der Waals surface area contributed by atoms with Gasteiger partial charge < -0.3 is 18.7 Å². The molecule has 2 heterocycles. The maximum absolute atomic E-state index is 12.3. The second-order valence-electron chi connectivity index (χ2n) is 6.19. The van der Waals surface area contributed by atoms with Crippen LogP contribution in [0.4, 0.5) is 0 Å². The fourth-order valence-corrected chi connectivity index (χ4v) is 2.79. The number of rotatable bonds is 7. The van der Waals surface area contributed by atoms with Gasteiger partial charge in [-0.3, -0.25) is 5.10 Å². The number of carbonyl (C=O) groups is 1. The predicted molar refractivity (Wildman–Crippen MR) is 106 cm³/mol. The van der Waals surface area contributed by atoms with E-state index in [1.807, 2.05) is 30.3 Å². The average Bonchev–Trinajstić information content (AvgIpc) is 3.48. The lowest BCUT2D eigenvalue weighted by molar-refractivity contribution is 0.0423. The molecule has 4 aromatic rings. The van der Waals surface area contributed by atoms with E-state index >= 15 is 0 Å². The Labute approximate surface area is 171 Å². The van der Waals surface area contributed by atoms with Crippen LogP contribution in [0, 0.1) is 0 Å². The van der Waals surface area contributed by atoms with Crippen molar-refractivity contribution in [3.05, 3.63) is 66.2 Å². The van der Waals surface area contributed by atoms with Gasteiger partial charge in [-0.15, -0.1) is 0 Å². The molecule has 9 heteroatoms. The van der Waals surface area contributed by atoms with Gasteiger partial charge in [-0.05, 0) is 18.2 Å². The van der Waals surface area contributed by atoms with Crippen LogP contribution in [0.5, 0.6) is 11.5 Å². The van der Waals surface area contributed by atoms with Crippen LogP contribution in [0.1, 0.15) is 16.4 Å². The van der Waals surface area contributed by atoms with Crippen LogP contribution in [-0.2, 0) is 11.3 Å². The van der Waals surface area contributed by atoms with Gasteiger partial charge >= 0.3 is 5.97 Å². The van der Waals surface area contributed by atoms with Gasteiger partial charge in [0, 0.05) is 11.6 Å². The zero-order chi connectivity index (χ0) is 20.9. The Morgan fingerprint density at radius 2 is 1.90 bits per heavy atom. The summed E-state index contributed by atoms with van der Waals surface area (Å²) >= 11 is 0. The minimum absolute atomic E-state index is 0.152. The highest BCUT2D eigenvalue weighted by Crippen LogP contribution is 2.31. The monoisotopic (exact) mass is 406 g/mol. The molecule has 2 aromatic heterocycles. The number of carbonyl (C=O) groups excluding carboxylic acids is 1. The van der Waals surface area contributed by atoms with Gasteiger partial charge in [-0.1, -0.05) is 35.5 Å². The molecule has 1 N–H and O–H groups in total. The van der Waals surface area contributed by atoms with Gasteiger partial charge in [0.15, 0.2) is 6.61 Å². The number of benzene rings is 2. The molecule has 0 unspecified atom stereocenters. The molecule has 9 nitrogen and oxygen atoms in total. The third kappa shape index (κ3) is 4.00. The molecular weight excluding hydrogens is 388 g/mol. The molecule has 0 bridgehead atoms. The van der Waals surface area contributed by atoms with E-state index in [1.165, 1.54) is 7.11 Å². The molecule has 0 amide bonds. The van der Waals surface area contributed by atoms with Crippen molar-refractivity contribution in [2.24, 2.45) is 0 Å². The van der Waals surface area contributed by atoms with Gasteiger partial charge in [0.2, 0.25) is 5.82 Å². The highest BCUT2D eigenvalue weighted by molar-refractivity contribution is 5.88. The average molecular weight is 406 g/mol. The molecule has 0 aliphatic rings. The van der Waals surface area contributed by atoms with E-state index in [4.69, 9.17) is 18.7 Å². The molecule has 0 fully saturated rings. The summed E-state index contributed by atoms with van der Waals surface area (Å²) in [6, 6.07) is 16.4. The molecule has 30 heavy (non-hydrogen) atoms. The summed E-state index contributed by atoms with van der Waals surface area (Å²) in [6.07, 6.45) is 0. The molecule has 2 aromatic carbocycles. The van der Waals surface area contributed by atoms with Crippen molar-refractivity contribution in [2.45, 2.75) is 6.61 Å². The smallest absolute Gasteiger partial charge is 0.356 e. The van der Waals surface area contributed by atoms with E-state index in [-0.39, 0.29) is 18.2 Å². The van der Waals surface area contributed by atoms with Gasteiger partial charge in [-0.2, -0.15) is 10.1 Å². The maximum Gasteiger partial charge on any atom is 0.356 e. The van der Waals surface area contributed by atoms with Crippen LogP contribution in [0.25, 0.3) is 22.6 Å². The normalized spacial score (nSPS) is 10.6. The van der Waals surface area contributed by atoms with Crippen LogP contribution in [-0.4, -0.2) is 40.5 Å². The largest absolute Gasteiger partial charge is 0.497 e. The van der Waals surface area contributed by atoms with E-state index in [0.29, 0.717) is 28.6 Å². The van der Waals surface area contributed by atoms with Gasteiger partial charge in [-0.25, -0.2) is 4.79 Å². The summed E-state index contributed by atoms with van der Waals surface area (Å²) in [5.74, 6) is 1.06. The Bertz CT molecular complexity index is 1150. The van der Waals surface area contributed by atoms with E-state index in [0.717, 1.165) is 5.56 Å². The lowest BCUT2D eigenvalue weighted by Crippen LogP contribution is -2.05. The second-order valence-corrected chi connectivity index (χ2v) is 6.19. The zero-order valence-corrected chi connectivity index (χ0v) is 16.3. The Morgan fingerprint density at radius 1 is 1.07 bits per heavy atom. The van der Waals surface area contributed by atoms with Crippen LogP contribution in [0.15, 0.2) is 59.1 Å². The van der Waals surface area contributed by atoms with E-state index in [1.54, 1.807) is 31.4 Å². The SMILES string of the molecule is COc1ccc(-c2noc(COC(=O)c3cc(-c4ccccc4)n[nH]3)n2)c(OC)c1. The highest BCUT2D eigenvalue weighted by atomic mass is 16.6. The topological polar surface area (TPSA) is 112 Å². The van der Waals surface area contributed by atoms with E-state index in [2.05, 4.69) is 20.3 Å². The van der Waals surface area contributed by atoms with Crippen LogP contribution >= 0.6 is 0 Å². The molecule has 0 radical (unpaired) electrons. The Morgan fingerprint density at radius 3 is 2.67 bits per heavy atom. The number of nitrogens with one attached hydrogen (secondary N) is 1. The number of aromatic amines is 1. The highest BCUT2D eigenvalue weighted by Gasteiger charge is 2.17. The number of ether oxygens (including phenoxy) is 3. The number of hydrogen-bond acceptors (Lipinski definition) is 8. The minimum Gasteiger partial charge on any atom is -0.497 e. The van der Waals surface area contributed by atoms with Crippen LogP contribution < -0.4 is 9.47 Å². The first-order valence-electron chi connectivity index (χ1n) is 9.01. The number of methoxy groups -OCH3 is 2. The minimum atomic E-state index is -0.577. The van der Waals surface area contributed by atoms with E-state index in [9.17, 15) is 4.79 Å². The molecule has 0 atom stereocenters. The standard InChI is InChI=1S/C21H18N4O5/c1-27-14-8-9-15(18(10-14)28-2)20-22-19(30-25-20)12-29-21(26)17-11-16(23-24-17)13-6-4-3-5-7-13/h3-11H,12H2,1-2H3,(H,23,24). The number of nitrogens with zero attached hydrogens (tertiary/aromatic N) is 3. The summed E-state index contributed by atoms with van der Waals surface area (Å²) < 4.78 is 21.0. The molecule has 0 aliphatic heterocycles. The molecular formula is C21H18N4O5. The molecule has 4 rings (SSSR count). The molecule has 0 aliphatic carbocycles. The summed E-state index contributed by atoms with van der Waals surface area (Å²) in [5, 5.41) is 10.7. The summed E-state index contributed by atoms with van der Waals surface area (Å²) in [5.41, 5.74) is 2.39.